The molecular formula is C17H26N2O4S. The molecule has 1 aromatic carbocycles. The summed E-state index contributed by atoms with van der Waals surface area (Å²) in [5.74, 6) is -0.590. The van der Waals surface area contributed by atoms with Gasteiger partial charge in [0.25, 0.3) is 0 Å². The number of nitrogens with zero attached hydrogens (tertiary/aromatic N) is 1. The molecule has 0 atom stereocenters. The van der Waals surface area contributed by atoms with Crippen LogP contribution in [0, 0.1) is 0 Å². The number of Topliss-reactive ketones (excluding diaryl/α,β-unsaturated/α-hetero) is 1. The molecule has 0 saturated heterocycles. The van der Waals surface area contributed by atoms with Crippen LogP contribution in [0.1, 0.15) is 49.9 Å². The van der Waals surface area contributed by atoms with Crippen molar-refractivity contribution < 1.29 is 18.0 Å². The highest BCUT2D eigenvalue weighted by Gasteiger charge is 2.27. The Kier molecular flexibility index (Phi) is 8.07. The summed E-state index contributed by atoms with van der Waals surface area (Å²) in [5, 5.41) is 2.45. The second-order valence-corrected chi connectivity index (χ2v) is 7.40. The van der Waals surface area contributed by atoms with Crippen molar-refractivity contribution in [1.29, 1.82) is 0 Å². The Bertz CT molecular complexity index is 665. The molecule has 0 saturated carbocycles. The number of hydrogen-bond acceptors (Lipinski definition) is 4. The lowest BCUT2D eigenvalue weighted by Gasteiger charge is -2.22. The summed E-state index contributed by atoms with van der Waals surface area (Å²) in [6.07, 6.45) is 1.42. The number of ketones is 1. The lowest BCUT2D eigenvalue weighted by Crippen LogP contribution is -2.33. The molecule has 0 unspecified atom stereocenters. The zero-order valence-electron chi connectivity index (χ0n) is 14.5. The first kappa shape index (κ1) is 20.3. The fraction of sp³-hybridized carbons (Fsp3) is 0.529. The van der Waals surface area contributed by atoms with Crippen LogP contribution in [0.2, 0.25) is 0 Å². The van der Waals surface area contributed by atoms with Gasteiger partial charge in [0, 0.05) is 38.5 Å². The van der Waals surface area contributed by atoms with Crippen LogP contribution in [0.15, 0.2) is 29.2 Å². The first-order chi connectivity index (χ1) is 11.4. The maximum atomic E-state index is 12.9. The van der Waals surface area contributed by atoms with E-state index in [9.17, 15) is 18.0 Å². The van der Waals surface area contributed by atoms with Gasteiger partial charge in [-0.3, -0.25) is 9.59 Å². The second kappa shape index (κ2) is 9.54. The summed E-state index contributed by atoms with van der Waals surface area (Å²) < 4.78 is 27.3. The third-order valence-electron chi connectivity index (χ3n) is 3.61. The standard InChI is InChI=1S/C17H26N2O4S/c1-4-12-19(13-5-2)24(22,23)16-9-7-6-8-14(16)15(20)10-11-17(21)18-3/h6-9H,4-5,10-13H2,1-3H3,(H,18,21). The molecule has 0 spiro atoms. The smallest absolute Gasteiger partial charge is 0.243 e. The van der Waals surface area contributed by atoms with Crippen molar-refractivity contribution in [2.75, 3.05) is 20.1 Å². The van der Waals surface area contributed by atoms with Crippen molar-refractivity contribution in [1.82, 2.24) is 9.62 Å². The Morgan fingerprint density at radius 2 is 1.62 bits per heavy atom. The third kappa shape index (κ3) is 5.14. The molecule has 1 rings (SSSR count). The highest BCUT2D eigenvalue weighted by molar-refractivity contribution is 7.89. The van der Waals surface area contributed by atoms with E-state index in [1.807, 2.05) is 13.8 Å². The largest absolute Gasteiger partial charge is 0.359 e. The molecule has 0 fully saturated rings. The molecule has 0 heterocycles. The summed E-state index contributed by atoms with van der Waals surface area (Å²) in [7, 11) is -2.23. The number of sulfonamides is 1. The zero-order chi connectivity index (χ0) is 18.2. The van der Waals surface area contributed by atoms with Crippen molar-refractivity contribution in [3.05, 3.63) is 29.8 Å². The number of carbonyl (C=O) groups is 2. The van der Waals surface area contributed by atoms with Gasteiger partial charge in [0.05, 0.1) is 4.90 Å². The second-order valence-electron chi connectivity index (χ2n) is 5.50. The predicted octanol–water partition coefficient (Wildman–Crippen LogP) is 2.21. The van der Waals surface area contributed by atoms with Crippen molar-refractivity contribution >= 4 is 21.7 Å². The van der Waals surface area contributed by atoms with E-state index in [1.54, 1.807) is 12.1 Å². The molecule has 1 amide bonds. The first-order valence-electron chi connectivity index (χ1n) is 8.21. The fourth-order valence-electron chi connectivity index (χ4n) is 2.40. The van der Waals surface area contributed by atoms with Crippen LogP contribution in [0.5, 0.6) is 0 Å². The number of carbonyl (C=O) groups excluding carboxylic acids is 2. The van der Waals surface area contributed by atoms with Gasteiger partial charge in [-0.2, -0.15) is 4.31 Å². The normalized spacial score (nSPS) is 11.5. The minimum atomic E-state index is -3.73. The Balaban J connectivity index is 3.15. The molecule has 0 aliphatic rings. The molecule has 0 aliphatic carbocycles. The topological polar surface area (TPSA) is 83.6 Å². The zero-order valence-corrected chi connectivity index (χ0v) is 15.4. The van der Waals surface area contributed by atoms with Crippen LogP contribution in [0.4, 0.5) is 0 Å². The summed E-state index contributed by atoms with van der Waals surface area (Å²) >= 11 is 0. The fourth-order valence-corrected chi connectivity index (χ4v) is 4.23. The van der Waals surface area contributed by atoms with Crippen LogP contribution in [0.3, 0.4) is 0 Å². The van der Waals surface area contributed by atoms with Gasteiger partial charge in [0.2, 0.25) is 15.9 Å². The quantitative estimate of drug-likeness (QED) is 0.653. The molecule has 0 aliphatic heterocycles. The van der Waals surface area contributed by atoms with Gasteiger partial charge in [-0.25, -0.2) is 8.42 Å². The van der Waals surface area contributed by atoms with Gasteiger partial charge in [0.1, 0.15) is 0 Å². The molecule has 7 heteroatoms. The van der Waals surface area contributed by atoms with E-state index in [0.717, 1.165) is 0 Å². The maximum absolute atomic E-state index is 12.9. The van der Waals surface area contributed by atoms with Crippen molar-refractivity contribution in [2.45, 2.75) is 44.4 Å². The van der Waals surface area contributed by atoms with Crippen molar-refractivity contribution in [2.24, 2.45) is 0 Å². The molecule has 0 bridgehead atoms. The molecular weight excluding hydrogens is 328 g/mol. The Morgan fingerprint density at radius 3 is 2.17 bits per heavy atom. The van der Waals surface area contributed by atoms with Crippen molar-refractivity contribution in [3.63, 3.8) is 0 Å². The lowest BCUT2D eigenvalue weighted by molar-refractivity contribution is -0.120. The number of rotatable bonds is 10. The van der Waals surface area contributed by atoms with E-state index >= 15 is 0 Å². The molecule has 1 N–H and O–H groups in total. The third-order valence-corrected chi connectivity index (χ3v) is 5.57. The molecule has 24 heavy (non-hydrogen) atoms. The number of benzene rings is 1. The molecule has 0 aromatic heterocycles. The van der Waals surface area contributed by atoms with E-state index in [2.05, 4.69) is 5.32 Å². The van der Waals surface area contributed by atoms with Crippen LogP contribution in [0.25, 0.3) is 0 Å². The predicted molar refractivity (Wildman–Crippen MR) is 93.4 cm³/mol. The number of nitrogens with one attached hydrogen (secondary N) is 1. The molecule has 0 radical (unpaired) electrons. The van der Waals surface area contributed by atoms with E-state index in [0.29, 0.717) is 25.9 Å². The van der Waals surface area contributed by atoms with Crippen molar-refractivity contribution in [3.8, 4) is 0 Å². The first-order valence-corrected chi connectivity index (χ1v) is 9.65. The van der Waals surface area contributed by atoms with Crippen LogP contribution in [-0.2, 0) is 14.8 Å². The van der Waals surface area contributed by atoms with Gasteiger partial charge >= 0.3 is 0 Å². The summed E-state index contributed by atoms with van der Waals surface area (Å²) in [6.45, 7) is 4.66. The van der Waals surface area contributed by atoms with Crippen LogP contribution in [-0.4, -0.2) is 44.6 Å². The van der Waals surface area contributed by atoms with E-state index < -0.39 is 10.0 Å². The average Bonchev–Trinajstić information content (AvgIpc) is 2.59. The summed E-state index contributed by atoms with van der Waals surface area (Å²) in [6, 6.07) is 6.21. The average molecular weight is 354 g/mol. The maximum Gasteiger partial charge on any atom is 0.243 e. The Labute approximate surface area is 144 Å². The molecule has 1 aromatic rings. The van der Waals surface area contributed by atoms with Gasteiger partial charge in [-0.05, 0) is 18.9 Å². The van der Waals surface area contributed by atoms with E-state index in [-0.39, 0.29) is 35.0 Å². The highest BCUT2D eigenvalue weighted by atomic mass is 32.2. The minimum absolute atomic E-state index is 0.0201. The monoisotopic (exact) mass is 354 g/mol. The summed E-state index contributed by atoms with van der Waals surface area (Å²) in [5.41, 5.74) is 0.151. The van der Waals surface area contributed by atoms with Crippen LogP contribution < -0.4 is 5.32 Å². The Hall–Kier alpha value is -1.73. The van der Waals surface area contributed by atoms with Gasteiger partial charge in [-0.15, -0.1) is 0 Å². The Morgan fingerprint density at radius 1 is 1.04 bits per heavy atom. The molecule has 6 nitrogen and oxygen atoms in total. The molecule has 134 valence electrons. The highest BCUT2D eigenvalue weighted by Crippen LogP contribution is 2.22. The SMILES string of the molecule is CCCN(CCC)S(=O)(=O)c1ccccc1C(=O)CCC(=O)NC. The van der Waals surface area contributed by atoms with E-state index in [4.69, 9.17) is 0 Å². The number of amides is 1. The lowest BCUT2D eigenvalue weighted by atomic mass is 10.1. The van der Waals surface area contributed by atoms with Gasteiger partial charge in [0.15, 0.2) is 5.78 Å². The van der Waals surface area contributed by atoms with Crippen LogP contribution >= 0.6 is 0 Å². The number of hydrogen-bond donors (Lipinski definition) is 1. The van der Waals surface area contributed by atoms with Gasteiger partial charge in [-0.1, -0.05) is 32.0 Å². The minimum Gasteiger partial charge on any atom is -0.359 e. The summed E-state index contributed by atoms with van der Waals surface area (Å²) in [4.78, 5) is 23.7. The van der Waals surface area contributed by atoms with E-state index in [1.165, 1.54) is 23.5 Å². The van der Waals surface area contributed by atoms with Gasteiger partial charge < -0.3 is 5.32 Å².